The van der Waals surface area contributed by atoms with Gasteiger partial charge in [-0.2, -0.15) is 0 Å². The predicted molar refractivity (Wildman–Crippen MR) is 71.7 cm³/mol. The first-order valence-corrected chi connectivity index (χ1v) is 6.27. The molecule has 0 saturated carbocycles. The van der Waals surface area contributed by atoms with Gasteiger partial charge in [-0.25, -0.2) is 0 Å². The molecule has 0 aliphatic carbocycles. The Balaban J connectivity index is 2.53. The van der Waals surface area contributed by atoms with Crippen molar-refractivity contribution in [2.75, 3.05) is 7.11 Å². The average Bonchev–Trinajstić information content (AvgIpc) is 2.34. The van der Waals surface area contributed by atoms with Crippen LogP contribution in [0.4, 0.5) is 0 Å². The molecule has 0 heterocycles. The van der Waals surface area contributed by atoms with Gasteiger partial charge in [0.2, 0.25) is 0 Å². The van der Waals surface area contributed by atoms with E-state index in [0.717, 1.165) is 18.1 Å². The fraction of sp³-hybridized carbons (Fsp3) is 0.571. The van der Waals surface area contributed by atoms with Gasteiger partial charge >= 0.3 is 0 Å². The van der Waals surface area contributed by atoms with Crippen molar-refractivity contribution in [2.45, 2.75) is 39.2 Å². The fourth-order valence-electron chi connectivity index (χ4n) is 1.91. The minimum Gasteiger partial charge on any atom is -0.497 e. The molecule has 3 nitrogen and oxygen atoms in total. The zero-order valence-electron chi connectivity index (χ0n) is 11.1. The summed E-state index contributed by atoms with van der Waals surface area (Å²) in [6.07, 6.45) is 3.51. The average molecular weight is 236 g/mol. The van der Waals surface area contributed by atoms with Crippen LogP contribution < -0.4 is 16.0 Å². The molecule has 0 bridgehead atoms. The standard InChI is InChI=1S/C14H24N2O/c1-11(2)5-4-6-14(16-15)12-7-9-13(17-3)10-8-12/h7-11,14,16H,4-6,15H2,1-3H3. The summed E-state index contributed by atoms with van der Waals surface area (Å²) in [6, 6.07) is 8.32. The van der Waals surface area contributed by atoms with E-state index in [-0.39, 0.29) is 6.04 Å². The molecule has 0 aliphatic heterocycles. The van der Waals surface area contributed by atoms with Crippen molar-refractivity contribution < 1.29 is 4.74 Å². The maximum atomic E-state index is 5.61. The SMILES string of the molecule is COc1ccc(C(CCCC(C)C)NN)cc1. The third-order valence-corrected chi connectivity index (χ3v) is 2.99. The minimum absolute atomic E-state index is 0.236. The van der Waals surface area contributed by atoms with Crippen LogP contribution in [-0.2, 0) is 0 Å². The minimum atomic E-state index is 0.236. The number of nitrogens with one attached hydrogen (secondary N) is 1. The molecule has 3 heteroatoms. The molecule has 17 heavy (non-hydrogen) atoms. The normalized spacial score (nSPS) is 12.8. The molecule has 0 radical (unpaired) electrons. The van der Waals surface area contributed by atoms with Crippen molar-refractivity contribution in [2.24, 2.45) is 11.8 Å². The van der Waals surface area contributed by atoms with E-state index in [0.29, 0.717) is 0 Å². The first kappa shape index (κ1) is 14.0. The molecule has 1 unspecified atom stereocenters. The summed E-state index contributed by atoms with van der Waals surface area (Å²) in [5.41, 5.74) is 4.11. The zero-order chi connectivity index (χ0) is 12.7. The Kier molecular flexibility index (Phi) is 6.01. The van der Waals surface area contributed by atoms with E-state index in [1.54, 1.807) is 7.11 Å². The summed E-state index contributed by atoms with van der Waals surface area (Å²) in [6.45, 7) is 4.50. The number of benzene rings is 1. The summed E-state index contributed by atoms with van der Waals surface area (Å²) in [5, 5.41) is 0. The lowest BCUT2D eigenvalue weighted by Gasteiger charge is -2.17. The van der Waals surface area contributed by atoms with Crippen molar-refractivity contribution in [3.63, 3.8) is 0 Å². The first-order valence-electron chi connectivity index (χ1n) is 6.27. The second kappa shape index (κ2) is 7.30. The van der Waals surface area contributed by atoms with Crippen molar-refractivity contribution >= 4 is 0 Å². The second-order valence-corrected chi connectivity index (χ2v) is 4.82. The molecule has 0 spiro atoms. The molecule has 0 aromatic heterocycles. The van der Waals surface area contributed by atoms with Crippen LogP contribution in [0.1, 0.15) is 44.7 Å². The van der Waals surface area contributed by atoms with Crippen LogP contribution in [0.25, 0.3) is 0 Å². The maximum absolute atomic E-state index is 5.61. The Morgan fingerprint density at radius 1 is 1.18 bits per heavy atom. The van der Waals surface area contributed by atoms with Gasteiger partial charge in [-0.15, -0.1) is 0 Å². The Hall–Kier alpha value is -1.06. The van der Waals surface area contributed by atoms with Crippen LogP contribution in [0.5, 0.6) is 5.75 Å². The molecule has 1 aromatic carbocycles. The number of ether oxygens (including phenoxy) is 1. The van der Waals surface area contributed by atoms with Crippen LogP contribution in [-0.4, -0.2) is 7.11 Å². The third-order valence-electron chi connectivity index (χ3n) is 2.99. The summed E-state index contributed by atoms with van der Waals surface area (Å²) >= 11 is 0. The maximum Gasteiger partial charge on any atom is 0.118 e. The van der Waals surface area contributed by atoms with Gasteiger partial charge in [-0.1, -0.05) is 38.8 Å². The first-order chi connectivity index (χ1) is 8.17. The molecule has 3 N–H and O–H groups in total. The van der Waals surface area contributed by atoms with Gasteiger partial charge in [0.1, 0.15) is 5.75 Å². The van der Waals surface area contributed by atoms with Crippen molar-refractivity contribution in [1.82, 2.24) is 5.43 Å². The Morgan fingerprint density at radius 3 is 2.29 bits per heavy atom. The molecular weight excluding hydrogens is 212 g/mol. The summed E-state index contributed by atoms with van der Waals surface area (Å²) < 4.78 is 5.14. The highest BCUT2D eigenvalue weighted by Crippen LogP contribution is 2.22. The predicted octanol–water partition coefficient (Wildman–Crippen LogP) is 3.03. The van der Waals surface area contributed by atoms with Gasteiger partial charge in [-0.3, -0.25) is 11.3 Å². The molecular formula is C14H24N2O. The van der Waals surface area contributed by atoms with Crippen LogP contribution in [0.2, 0.25) is 0 Å². The summed E-state index contributed by atoms with van der Waals surface area (Å²) in [4.78, 5) is 0. The highest BCUT2D eigenvalue weighted by atomic mass is 16.5. The highest BCUT2D eigenvalue weighted by Gasteiger charge is 2.09. The van der Waals surface area contributed by atoms with Crippen LogP contribution >= 0.6 is 0 Å². The second-order valence-electron chi connectivity index (χ2n) is 4.82. The largest absolute Gasteiger partial charge is 0.497 e. The van der Waals surface area contributed by atoms with Crippen LogP contribution in [0, 0.1) is 5.92 Å². The Labute approximate surface area is 104 Å². The van der Waals surface area contributed by atoms with Crippen molar-refractivity contribution in [3.8, 4) is 5.75 Å². The molecule has 1 rings (SSSR count). The van der Waals surface area contributed by atoms with Gasteiger partial charge in [0.25, 0.3) is 0 Å². The summed E-state index contributed by atoms with van der Waals surface area (Å²) in [7, 11) is 1.68. The molecule has 96 valence electrons. The lowest BCUT2D eigenvalue weighted by Crippen LogP contribution is -2.28. The van der Waals surface area contributed by atoms with Gasteiger partial charge in [0.05, 0.1) is 7.11 Å². The van der Waals surface area contributed by atoms with Crippen molar-refractivity contribution in [1.29, 1.82) is 0 Å². The van der Waals surface area contributed by atoms with E-state index < -0.39 is 0 Å². The third kappa shape index (κ3) is 4.75. The van der Waals surface area contributed by atoms with E-state index in [2.05, 4.69) is 31.4 Å². The van der Waals surface area contributed by atoms with E-state index in [1.165, 1.54) is 18.4 Å². The highest BCUT2D eigenvalue weighted by molar-refractivity contribution is 5.28. The molecule has 0 saturated heterocycles. The molecule has 0 aliphatic rings. The van der Waals surface area contributed by atoms with Gasteiger partial charge < -0.3 is 4.74 Å². The lowest BCUT2D eigenvalue weighted by atomic mass is 9.98. The van der Waals surface area contributed by atoms with E-state index in [9.17, 15) is 0 Å². The smallest absolute Gasteiger partial charge is 0.118 e. The monoisotopic (exact) mass is 236 g/mol. The number of rotatable bonds is 7. The molecule has 0 fully saturated rings. The fourth-order valence-corrected chi connectivity index (χ4v) is 1.91. The van der Waals surface area contributed by atoms with Crippen LogP contribution in [0.15, 0.2) is 24.3 Å². The number of hydrazine groups is 1. The number of methoxy groups -OCH3 is 1. The molecule has 0 amide bonds. The quantitative estimate of drug-likeness (QED) is 0.565. The van der Waals surface area contributed by atoms with Crippen molar-refractivity contribution in [3.05, 3.63) is 29.8 Å². The topological polar surface area (TPSA) is 47.3 Å². The van der Waals surface area contributed by atoms with Gasteiger partial charge in [0.15, 0.2) is 0 Å². The number of nitrogens with two attached hydrogens (primary N) is 1. The van der Waals surface area contributed by atoms with Gasteiger partial charge in [-0.05, 0) is 30.0 Å². The van der Waals surface area contributed by atoms with Crippen LogP contribution in [0.3, 0.4) is 0 Å². The lowest BCUT2D eigenvalue weighted by molar-refractivity contribution is 0.413. The van der Waals surface area contributed by atoms with E-state index >= 15 is 0 Å². The molecule has 1 aromatic rings. The molecule has 1 atom stereocenters. The Bertz CT molecular complexity index is 309. The number of hydrogen-bond acceptors (Lipinski definition) is 3. The van der Waals surface area contributed by atoms with Gasteiger partial charge in [0, 0.05) is 6.04 Å². The zero-order valence-corrected chi connectivity index (χ0v) is 11.1. The van der Waals surface area contributed by atoms with E-state index in [4.69, 9.17) is 10.6 Å². The number of hydrogen-bond donors (Lipinski definition) is 2. The summed E-state index contributed by atoms with van der Waals surface area (Å²) in [5.74, 6) is 7.25. The Morgan fingerprint density at radius 2 is 1.82 bits per heavy atom. The van der Waals surface area contributed by atoms with E-state index in [1.807, 2.05) is 12.1 Å².